The van der Waals surface area contributed by atoms with Crippen LogP contribution in [0, 0.1) is 0 Å². The highest BCUT2D eigenvalue weighted by Crippen LogP contribution is 2.01. The third kappa shape index (κ3) is 6.54. The maximum absolute atomic E-state index is 11.9. The molecule has 0 aromatic heterocycles. The Labute approximate surface area is 144 Å². The van der Waals surface area contributed by atoms with E-state index >= 15 is 0 Å². The molecule has 0 radical (unpaired) electrons. The minimum absolute atomic E-state index is 0.0278. The van der Waals surface area contributed by atoms with Crippen LogP contribution >= 0.6 is 0 Å². The summed E-state index contributed by atoms with van der Waals surface area (Å²) in [5.74, 6) is -0.364. The number of nitrogens with one attached hydrogen (secondary N) is 3. The van der Waals surface area contributed by atoms with E-state index in [1.165, 1.54) is 19.0 Å². The molecule has 1 aromatic rings. The number of benzene rings is 1. The second-order valence-electron chi connectivity index (χ2n) is 6.30. The molecule has 1 aromatic carbocycles. The van der Waals surface area contributed by atoms with Crippen molar-refractivity contribution in [2.45, 2.75) is 32.2 Å². The minimum atomic E-state index is -0.254. The van der Waals surface area contributed by atoms with Crippen molar-refractivity contribution in [1.82, 2.24) is 10.6 Å². The molecule has 1 fully saturated rings. The topological polar surface area (TPSA) is 62.6 Å². The van der Waals surface area contributed by atoms with Crippen LogP contribution in [0.15, 0.2) is 36.4 Å². The fraction of sp³-hybridized carbons (Fsp3) is 0.474. The lowest BCUT2D eigenvalue weighted by atomic mass is 10.0. The van der Waals surface area contributed by atoms with Crippen molar-refractivity contribution >= 4 is 17.9 Å². The van der Waals surface area contributed by atoms with Gasteiger partial charge in [0.2, 0.25) is 11.8 Å². The molecule has 1 aliphatic rings. The van der Waals surface area contributed by atoms with Gasteiger partial charge >= 0.3 is 0 Å². The van der Waals surface area contributed by atoms with Crippen molar-refractivity contribution in [3.05, 3.63) is 42.0 Å². The first-order valence-electron chi connectivity index (χ1n) is 8.81. The summed E-state index contributed by atoms with van der Waals surface area (Å²) in [5.41, 5.74) is 0.957. The highest BCUT2D eigenvalue weighted by molar-refractivity contribution is 5.94. The van der Waals surface area contributed by atoms with Crippen molar-refractivity contribution in [1.29, 1.82) is 0 Å². The maximum atomic E-state index is 11.9. The summed E-state index contributed by atoms with van der Waals surface area (Å²) in [7, 11) is 0. The van der Waals surface area contributed by atoms with Gasteiger partial charge in [-0.3, -0.25) is 9.59 Å². The molecule has 5 nitrogen and oxygen atoms in total. The molecule has 2 amide bonds. The molecule has 130 valence electrons. The number of carbonyl (C=O) groups excluding carboxylic acids is 2. The van der Waals surface area contributed by atoms with E-state index in [1.54, 1.807) is 11.0 Å². The quantitative estimate of drug-likeness (QED) is 0.634. The second kappa shape index (κ2) is 9.88. The molecule has 3 N–H and O–H groups in total. The Kier molecular flexibility index (Phi) is 7.49. The van der Waals surface area contributed by atoms with Crippen LogP contribution in [-0.4, -0.2) is 44.0 Å². The van der Waals surface area contributed by atoms with Crippen LogP contribution in [0.2, 0.25) is 0 Å². The lowest BCUT2D eigenvalue weighted by Gasteiger charge is -2.29. The van der Waals surface area contributed by atoms with E-state index < -0.39 is 0 Å². The van der Waals surface area contributed by atoms with Crippen LogP contribution in [0.25, 0.3) is 6.08 Å². The minimum Gasteiger partial charge on any atom is -0.351 e. The number of rotatable bonds is 7. The summed E-state index contributed by atoms with van der Waals surface area (Å²) in [6, 6.07) is 9.84. The van der Waals surface area contributed by atoms with Gasteiger partial charge in [-0.2, -0.15) is 0 Å². The molecule has 24 heavy (non-hydrogen) atoms. The smallest absolute Gasteiger partial charge is 0.244 e. The van der Waals surface area contributed by atoms with Gasteiger partial charge in [-0.1, -0.05) is 37.3 Å². The largest absolute Gasteiger partial charge is 0.351 e. The molecule has 0 atom stereocenters. The van der Waals surface area contributed by atoms with Crippen molar-refractivity contribution in [3.63, 3.8) is 0 Å². The third-order valence-corrected chi connectivity index (χ3v) is 4.31. The maximum Gasteiger partial charge on any atom is 0.244 e. The van der Waals surface area contributed by atoms with Crippen LogP contribution < -0.4 is 15.5 Å². The summed E-state index contributed by atoms with van der Waals surface area (Å²) < 4.78 is 0. The predicted molar refractivity (Wildman–Crippen MR) is 95.5 cm³/mol. The molecule has 0 saturated carbocycles. The van der Waals surface area contributed by atoms with Gasteiger partial charge in [-0.15, -0.1) is 0 Å². The van der Waals surface area contributed by atoms with Gasteiger partial charge in [0.05, 0.1) is 26.2 Å². The van der Waals surface area contributed by atoms with E-state index in [0.29, 0.717) is 0 Å². The zero-order valence-electron chi connectivity index (χ0n) is 14.4. The Morgan fingerprint density at radius 1 is 1.21 bits per heavy atom. The lowest BCUT2D eigenvalue weighted by molar-refractivity contribution is -0.905. The average Bonchev–Trinajstić information content (AvgIpc) is 2.61. The highest BCUT2D eigenvalue weighted by Gasteiger charge is 2.22. The Morgan fingerprint density at radius 2 is 1.92 bits per heavy atom. The first kappa shape index (κ1) is 18.2. The first-order valence-corrected chi connectivity index (χ1v) is 8.81. The molecule has 1 heterocycles. The van der Waals surface area contributed by atoms with Gasteiger partial charge in [0.15, 0.2) is 0 Å². The molecular formula is C19H28N3O2+. The average molecular weight is 330 g/mol. The first-order chi connectivity index (χ1) is 11.7. The SMILES string of the molecule is CCC[NH+]1CCC(NC(=O)CNC(=O)/C=C/c2ccccc2)CC1. The normalized spacial score (nSPS) is 20.7. The van der Waals surface area contributed by atoms with Gasteiger partial charge in [0.25, 0.3) is 0 Å². The number of hydrogen-bond acceptors (Lipinski definition) is 2. The van der Waals surface area contributed by atoms with Crippen LogP contribution in [-0.2, 0) is 9.59 Å². The fourth-order valence-electron chi connectivity index (χ4n) is 3.02. The zero-order valence-corrected chi connectivity index (χ0v) is 14.4. The van der Waals surface area contributed by atoms with E-state index in [2.05, 4.69) is 17.6 Å². The summed E-state index contributed by atoms with van der Waals surface area (Å²) in [4.78, 5) is 25.3. The third-order valence-electron chi connectivity index (χ3n) is 4.31. The number of carbonyl (C=O) groups is 2. The molecule has 0 bridgehead atoms. The van der Waals surface area contributed by atoms with Crippen molar-refractivity contribution < 1.29 is 14.5 Å². The van der Waals surface area contributed by atoms with Gasteiger partial charge < -0.3 is 15.5 Å². The molecule has 2 rings (SSSR count). The Bertz CT molecular complexity index is 549. The molecule has 5 heteroatoms. The van der Waals surface area contributed by atoms with E-state index in [1.807, 2.05) is 30.3 Å². The highest BCUT2D eigenvalue weighted by atomic mass is 16.2. The zero-order chi connectivity index (χ0) is 17.2. The molecule has 1 aliphatic heterocycles. The number of likely N-dealkylation sites (tertiary alicyclic amines) is 1. The monoisotopic (exact) mass is 330 g/mol. The van der Waals surface area contributed by atoms with Crippen LogP contribution in [0.1, 0.15) is 31.7 Å². The lowest BCUT2D eigenvalue weighted by Crippen LogP contribution is -3.13. The Balaban J connectivity index is 1.64. The molecule has 0 unspecified atom stereocenters. The Hall–Kier alpha value is -2.14. The van der Waals surface area contributed by atoms with E-state index in [-0.39, 0.29) is 24.4 Å². The van der Waals surface area contributed by atoms with E-state index in [4.69, 9.17) is 0 Å². The van der Waals surface area contributed by atoms with Crippen molar-refractivity contribution in [3.8, 4) is 0 Å². The van der Waals surface area contributed by atoms with E-state index in [9.17, 15) is 9.59 Å². The van der Waals surface area contributed by atoms with Gasteiger partial charge in [0.1, 0.15) is 0 Å². The molecular weight excluding hydrogens is 302 g/mol. The molecule has 0 spiro atoms. The Morgan fingerprint density at radius 3 is 2.58 bits per heavy atom. The van der Waals surface area contributed by atoms with Crippen LogP contribution in [0.4, 0.5) is 0 Å². The summed E-state index contributed by atoms with van der Waals surface area (Å²) >= 11 is 0. The van der Waals surface area contributed by atoms with E-state index in [0.717, 1.165) is 31.5 Å². The fourth-order valence-corrected chi connectivity index (χ4v) is 3.02. The van der Waals surface area contributed by atoms with Gasteiger partial charge in [0, 0.05) is 25.0 Å². The van der Waals surface area contributed by atoms with Crippen molar-refractivity contribution in [2.24, 2.45) is 0 Å². The van der Waals surface area contributed by atoms with Crippen LogP contribution in [0.5, 0.6) is 0 Å². The predicted octanol–water partition coefficient (Wildman–Crippen LogP) is 0.390. The number of amides is 2. The number of piperidine rings is 1. The number of hydrogen-bond donors (Lipinski definition) is 3. The number of quaternary nitrogens is 1. The van der Waals surface area contributed by atoms with Crippen molar-refractivity contribution in [2.75, 3.05) is 26.2 Å². The standard InChI is InChI=1S/C19H27N3O2/c1-2-12-22-13-10-17(11-14-22)21-19(24)15-20-18(23)9-8-16-6-4-3-5-7-16/h3-9,17H,2,10-15H2,1H3,(H,20,23)(H,21,24)/p+1/b9-8+. The van der Waals surface area contributed by atoms with Crippen LogP contribution in [0.3, 0.4) is 0 Å². The summed E-state index contributed by atoms with van der Waals surface area (Å²) in [6.07, 6.45) is 6.43. The summed E-state index contributed by atoms with van der Waals surface area (Å²) in [5, 5.41) is 5.65. The van der Waals surface area contributed by atoms with Gasteiger partial charge in [-0.25, -0.2) is 0 Å². The van der Waals surface area contributed by atoms with Gasteiger partial charge in [-0.05, 0) is 18.1 Å². The second-order valence-corrected chi connectivity index (χ2v) is 6.30. The summed E-state index contributed by atoms with van der Waals surface area (Å²) in [6.45, 7) is 5.68. The molecule has 1 saturated heterocycles. The molecule has 0 aliphatic carbocycles.